The van der Waals surface area contributed by atoms with Gasteiger partial charge in [0.25, 0.3) is 11.2 Å². The first-order valence-corrected chi connectivity index (χ1v) is 9.67. The van der Waals surface area contributed by atoms with E-state index in [1.807, 2.05) is 25.7 Å². The smallest absolute Gasteiger partial charge is 0.270 e. The summed E-state index contributed by atoms with van der Waals surface area (Å²) in [4.78, 5) is 45.4. The molecule has 0 atom stereocenters. The molecule has 0 saturated heterocycles. The highest BCUT2D eigenvalue weighted by Gasteiger charge is 2.25. The molecule has 0 amide bonds. The maximum Gasteiger partial charge on any atom is 0.270 e. The van der Waals surface area contributed by atoms with Gasteiger partial charge >= 0.3 is 0 Å². The van der Waals surface area contributed by atoms with E-state index in [-0.39, 0.29) is 34.0 Å². The first-order valence-electron chi connectivity index (χ1n) is 9.67. The maximum absolute atomic E-state index is 12.9. The molecular weight excluding hydrogens is 388 g/mol. The van der Waals surface area contributed by atoms with E-state index in [1.165, 1.54) is 24.5 Å². The number of nitro benzene ring substituents is 1. The van der Waals surface area contributed by atoms with Gasteiger partial charge in [-0.2, -0.15) is 0 Å². The first kappa shape index (κ1) is 20.0. The van der Waals surface area contributed by atoms with Crippen LogP contribution in [-0.2, 0) is 24.9 Å². The fourth-order valence-corrected chi connectivity index (χ4v) is 3.59. The lowest BCUT2D eigenvalue weighted by Crippen LogP contribution is -2.37. The molecule has 9 nitrogen and oxygen atoms in total. The number of benzene rings is 1. The van der Waals surface area contributed by atoms with E-state index in [0.717, 1.165) is 5.69 Å². The molecule has 0 aliphatic carbocycles. The molecule has 30 heavy (non-hydrogen) atoms. The van der Waals surface area contributed by atoms with Gasteiger partial charge < -0.3 is 9.40 Å². The van der Waals surface area contributed by atoms with Crippen LogP contribution in [0.2, 0.25) is 0 Å². The summed E-state index contributed by atoms with van der Waals surface area (Å²) in [7, 11) is 0. The molecule has 0 bridgehead atoms. The third-order valence-corrected chi connectivity index (χ3v) is 5.29. The summed E-state index contributed by atoms with van der Waals surface area (Å²) in [5.74, 6) is 0.663. The summed E-state index contributed by atoms with van der Waals surface area (Å²) in [6, 6.07) is 3.96. The van der Waals surface area contributed by atoms with Crippen molar-refractivity contribution < 1.29 is 9.34 Å². The highest BCUT2D eigenvalue weighted by Crippen LogP contribution is 2.22. The zero-order valence-corrected chi connectivity index (χ0v) is 17.0. The maximum atomic E-state index is 12.9. The molecule has 0 saturated carbocycles. The molecule has 3 aromatic rings. The van der Waals surface area contributed by atoms with Crippen LogP contribution in [0.3, 0.4) is 0 Å². The van der Waals surface area contributed by atoms with Crippen molar-refractivity contribution in [1.29, 1.82) is 0 Å². The summed E-state index contributed by atoms with van der Waals surface area (Å²) in [5.41, 5.74) is 1.22. The van der Waals surface area contributed by atoms with Gasteiger partial charge in [-0.15, -0.1) is 0 Å². The fraction of sp³-hybridized carbons (Fsp3) is 0.381. The summed E-state index contributed by atoms with van der Waals surface area (Å²) in [5, 5.41) is 11.2. The molecule has 0 fully saturated rings. The average molecular weight is 410 g/mol. The summed E-state index contributed by atoms with van der Waals surface area (Å²) in [6.07, 6.45) is 1.99. The lowest BCUT2D eigenvalue weighted by Gasteiger charge is -2.28. The van der Waals surface area contributed by atoms with Crippen LogP contribution in [0.15, 0.2) is 38.5 Å². The number of fused-ring (bicyclic) bond motifs is 2. The lowest BCUT2D eigenvalue weighted by atomic mass is 9.95. The minimum atomic E-state index is -0.543. The van der Waals surface area contributed by atoms with Gasteiger partial charge in [-0.1, -0.05) is 20.8 Å². The number of rotatable bonds is 3. The number of nitrogens with one attached hydrogen (secondary N) is 1. The Morgan fingerprint density at radius 1 is 1.30 bits per heavy atom. The van der Waals surface area contributed by atoms with Crippen LogP contribution in [-0.4, -0.2) is 26.3 Å². The Morgan fingerprint density at radius 2 is 2.07 bits per heavy atom. The van der Waals surface area contributed by atoms with Gasteiger partial charge in [0.05, 0.1) is 27.8 Å². The Balaban J connectivity index is 1.63. The van der Waals surface area contributed by atoms with Crippen LogP contribution in [0.5, 0.6) is 0 Å². The molecule has 1 aliphatic heterocycles. The number of hydrogen-bond donors (Lipinski definition) is 1. The SMILES string of the molecule is CC(C)(C)c1nc2c(c(=O)[nH]1)CN(Cc1coc3ccc([N+](=O)[O-])cc3c1=O)CC2. The molecule has 1 aromatic carbocycles. The summed E-state index contributed by atoms with van der Waals surface area (Å²) >= 11 is 0. The van der Waals surface area contributed by atoms with Crippen molar-refractivity contribution in [2.45, 2.75) is 45.7 Å². The van der Waals surface area contributed by atoms with Crippen molar-refractivity contribution in [1.82, 2.24) is 14.9 Å². The molecule has 2 aromatic heterocycles. The first-order chi connectivity index (χ1) is 14.1. The second-order valence-electron chi connectivity index (χ2n) is 8.58. The molecular formula is C21H22N4O5. The largest absolute Gasteiger partial charge is 0.464 e. The third kappa shape index (κ3) is 3.63. The van der Waals surface area contributed by atoms with E-state index >= 15 is 0 Å². The molecule has 3 heterocycles. The molecule has 1 aliphatic rings. The minimum absolute atomic E-state index is 0.157. The second kappa shape index (κ2) is 7.17. The molecule has 0 radical (unpaired) electrons. The van der Waals surface area contributed by atoms with Gasteiger partial charge in [0.2, 0.25) is 0 Å². The number of hydrogen-bond acceptors (Lipinski definition) is 7. The van der Waals surface area contributed by atoms with Crippen molar-refractivity contribution >= 4 is 16.7 Å². The third-order valence-electron chi connectivity index (χ3n) is 5.29. The van der Waals surface area contributed by atoms with E-state index in [0.29, 0.717) is 42.0 Å². The molecule has 1 N–H and O–H groups in total. The Hall–Kier alpha value is -3.33. The minimum Gasteiger partial charge on any atom is -0.464 e. The molecule has 0 spiro atoms. The molecule has 9 heteroatoms. The van der Waals surface area contributed by atoms with Gasteiger partial charge in [0.15, 0.2) is 5.43 Å². The highest BCUT2D eigenvalue weighted by atomic mass is 16.6. The Bertz CT molecular complexity index is 1270. The van der Waals surface area contributed by atoms with Crippen LogP contribution >= 0.6 is 0 Å². The van der Waals surface area contributed by atoms with E-state index in [1.54, 1.807) is 0 Å². The Kier molecular flexibility index (Phi) is 4.77. The summed E-state index contributed by atoms with van der Waals surface area (Å²) < 4.78 is 5.52. The number of nitrogens with zero attached hydrogens (tertiary/aromatic N) is 3. The van der Waals surface area contributed by atoms with E-state index < -0.39 is 4.92 Å². The number of aromatic amines is 1. The summed E-state index contributed by atoms with van der Waals surface area (Å²) in [6.45, 7) is 7.28. The molecule has 156 valence electrons. The topological polar surface area (TPSA) is 122 Å². The standard InChI is InChI=1S/C21H22N4O5/c1-21(2,3)20-22-16-6-7-24(10-15(16)19(27)23-20)9-12-11-30-17-5-4-13(25(28)29)8-14(17)18(12)26/h4-5,8,11H,6-7,9-10H2,1-3H3,(H,22,23,27). The second-order valence-corrected chi connectivity index (χ2v) is 8.58. The number of H-pyrrole nitrogens is 1. The Morgan fingerprint density at radius 3 is 2.77 bits per heavy atom. The van der Waals surface area contributed by atoms with Crippen LogP contribution in [0.4, 0.5) is 5.69 Å². The van der Waals surface area contributed by atoms with Crippen LogP contribution in [0, 0.1) is 10.1 Å². The number of nitro groups is 1. The molecule has 0 unspecified atom stereocenters. The van der Waals surface area contributed by atoms with Crippen molar-refractivity contribution in [3.8, 4) is 0 Å². The predicted octanol–water partition coefficient (Wildman–Crippen LogP) is 2.64. The van der Waals surface area contributed by atoms with Crippen molar-refractivity contribution in [2.24, 2.45) is 0 Å². The zero-order valence-electron chi connectivity index (χ0n) is 17.0. The number of aromatic nitrogens is 2. The normalized spacial score (nSPS) is 14.6. The van der Waals surface area contributed by atoms with Crippen molar-refractivity contribution in [3.63, 3.8) is 0 Å². The van der Waals surface area contributed by atoms with Crippen LogP contribution in [0.1, 0.15) is 43.4 Å². The van der Waals surface area contributed by atoms with Gasteiger partial charge in [-0.25, -0.2) is 4.98 Å². The molecule has 4 rings (SSSR count). The van der Waals surface area contributed by atoms with E-state index in [4.69, 9.17) is 4.42 Å². The van der Waals surface area contributed by atoms with Crippen molar-refractivity contribution in [2.75, 3.05) is 6.54 Å². The van der Waals surface area contributed by atoms with E-state index in [2.05, 4.69) is 9.97 Å². The lowest BCUT2D eigenvalue weighted by molar-refractivity contribution is -0.384. The fourth-order valence-electron chi connectivity index (χ4n) is 3.59. The Labute approximate surface area is 171 Å². The van der Waals surface area contributed by atoms with Gasteiger partial charge in [0, 0.05) is 49.2 Å². The van der Waals surface area contributed by atoms with Crippen molar-refractivity contribution in [3.05, 3.63) is 77.8 Å². The zero-order chi connectivity index (χ0) is 21.6. The highest BCUT2D eigenvalue weighted by molar-refractivity contribution is 5.79. The van der Waals surface area contributed by atoms with Gasteiger partial charge in [-0.3, -0.25) is 24.6 Å². The van der Waals surface area contributed by atoms with Gasteiger partial charge in [-0.05, 0) is 6.07 Å². The monoisotopic (exact) mass is 410 g/mol. The van der Waals surface area contributed by atoms with Crippen LogP contribution in [0.25, 0.3) is 11.0 Å². The van der Waals surface area contributed by atoms with Crippen LogP contribution < -0.4 is 11.0 Å². The van der Waals surface area contributed by atoms with Gasteiger partial charge in [0.1, 0.15) is 11.4 Å². The van der Waals surface area contributed by atoms with E-state index in [9.17, 15) is 19.7 Å². The number of non-ortho nitro benzene ring substituents is 1. The average Bonchev–Trinajstić information content (AvgIpc) is 2.69. The quantitative estimate of drug-likeness (QED) is 0.520. The predicted molar refractivity (Wildman–Crippen MR) is 111 cm³/mol.